The number of nitrogen functional groups attached to an aromatic ring is 1. The molecule has 192 valence electrons. The van der Waals surface area contributed by atoms with Crippen LogP contribution in [0.15, 0.2) is 11.0 Å². The normalized spacial score (nSPS) is 29.8. The highest BCUT2D eigenvalue weighted by Crippen LogP contribution is 2.66. The van der Waals surface area contributed by atoms with Gasteiger partial charge in [0, 0.05) is 0 Å². The first kappa shape index (κ1) is 25.5. The summed E-state index contributed by atoms with van der Waals surface area (Å²) in [7, 11) is -18.1. The van der Waals surface area contributed by atoms with Gasteiger partial charge in [0.2, 0.25) is 5.67 Å². The maximum Gasteiger partial charge on any atom is 0.490 e. The van der Waals surface area contributed by atoms with E-state index in [0.717, 1.165) is 0 Å². The van der Waals surface area contributed by atoms with Crippen LogP contribution in [0.2, 0.25) is 0 Å². The fourth-order valence-corrected chi connectivity index (χ4v) is 5.26. The molecule has 0 bridgehead atoms. The Morgan fingerprint density at radius 1 is 1.29 bits per heavy atom. The van der Waals surface area contributed by atoms with Crippen LogP contribution in [-0.2, 0) is 31.6 Å². The average Bonchev–Trinajstić information content (AvgIpc) is 2.91. The highest BCUT2D eigenvalue weighted by molar-refractivity contribution is 7.66. The van der Waals surface area contributed by atoms with Crippen molar-refractivity contribution in [3.63, 3.8) is 0 Å². The first-order valence-electron chi connectivity index (χ1n) is 9.11. The summed E-state index contributed by atoms with van der Waals surface area (Å²) >= 11 is 0. The molecule has 0 saturated carbocycles. The molecule has 1 aliphatic rings. The van der Waals surface area contributed by atoms with Gasteiger partial charge in [0.05, 0.1) is 15.5 Å². The first-order valence-corrected chi connectivity index (χ1v) is 12.6. The zero-order chi connectivity index (χ0) is 27.9. The van der Waals surface area contributed by atoms with Crippen molar-refractivity contribution in [3.05, 3.63) is 22.5 Å². The van der Waals surface area contributed by atoms with Gasteiger partial charge >= 0.3 is 29.2 Å². The minimum absolute atomic E-state index is 0.00271. The maximum absolute atomic E-state index is 15.7. The molecule has 16 nitrogen and oxygen atoms in total. The molecule has 3 unspecified atom stereocenters. The zero-order valence-electron chi connectivity index (χ0n) is 18.0. The topological polar surface area (TPSA) is 250 Å². The SMILES string of the molecule is [2H]C([2H])(OP(=O)(O)OP(=O)(O)OP(=O)(O)O)[C@H]1O[C@@H](n2cc(F)c(N)nc2=O)C(F)(C#CCF)[C@H]1O. The molecular weight excluding hydrogens is 544 g/mol. The van der Waals surface area contributed by atoms with Crippen LogP contribution in [0.4, 0.5) is 19.0 Å². The number of anilines is 1. The molecule has 7 N–H and O–H groups in total. The van der Waals surface area contributed by atoms with E-state index in [2.05, 4.69) is 18.1 Å². The zero-order valence-corrected chi connectivity index (χ0v) is 18.6. The minimum Gasteiger partial charge on any atom is -0.386 e. The highest BCUT2D eigenvalue weighted by atomic mass is 31.3. The second-order valence-corrected chi connectivity index (χ2v) is 10.4. The molecule has 2 heterocycles. The van der Waals surface area contributed by atoms with Crippen LogP contribution in [0.1, 0.15) is 8.97 Å². The quantitative estimate of drug-likeness (QED) is 0.169. The smallest absolute Gasteiger partial charge is 0.386 e. The van der Waals surface area contributed by atoms with E-state index in [0.29, 0.717) is 0 Å². The van der Waals surface area contributed by atoms with Gasteiger partial charge in [-0.25, -0.2) is 31.7 Å². The number of aromatic nitrogens is 2. The summed E-state index contributed by atoms with van der Waals surface area (Å²) in [6, 6.07) is 0. The van der Waals surface area contributed by atoms with Crippen molar-refractivity contribution >= 4 is 29.3 Å². The van der Waals surface area contributed by atoms with Crippen molar-refractivity contribution in [3.8, 4) is 11.8 Å². The molecule has 0 spiro atoms. The monoisotopic (exact) mass is 561 g/mol. The number of ether oxygens (including phenoxy) is 1. The second kappa shape index (κ2) is 10.2. The third-order valence-corrected chi connectivity index (χ3v) is 7.25. The number of halogens is 3. The van der Waals surface area contributed by atoms with Gasteiger partial charge in [-0.05, 0) is 0 Å². The predicted octanol–water partition coefficient (Wildman–Crippen LogP) is -0.753. The number of alkyl halides is 2. The fraction of sp³-hybridized carbons (Fsp3) is 0.500. The summed E-state index contributed by atoms with van der Waals surface area (Å²) in [6.45, 7) is -5.45. The maximum atomic E-state index is 15.7. The Labute approximate surface area is 189 Å². The molecule has 1 aromatic rings. The Morgan fingerprint density at radius 3 is 2.47 bits per heavy atom. The first-order chi connectivity index (χ1) is 16.1. The number of phosphoric acid groups is 3. The van der Waals surface area contributed by atoms with Gasteiger partial charge in [-0.3, -0.25) is 9.09 Å². The number of nitrogens with zero attached hydrogens (tertiary/aromatic N) is 2. The van der Waals surface area contributed by atoms with Gasteiger partial charge in [-0.1, -0.05) is 11.8 Å². The van der Waals surface area contributed by atoms with Crippen LogP contribution in [-0.4, -0.2) is 65.3 Å². The Morgan fingerprint density at radius 2 is 1.91 bits per heavy atom. The molecule has 1 aliphatic heterocycles. The van der Waals surface area contributed by atoms with Crippen molar-refractivity contribution in [2.75, 3.05) is 19.0 Å². The van der Waals surface area contributed by atoms with E-state index >= 15 is 4.39 Å². The number of hydrogen-bond donors (Lipinski definition) is 6. The highest BCUT2D eigenvalue weighted by Gasteiger charge is 2.58. The van der Waals surface area contributed by atoms with E-state index in [1.54, 1.807) is 5.92 Å². The van der Waals surface area contributed by atoms with Gasteiger partial charge in [-0.15, -0.1) is 0 Å². The van der Waals surface area contributed by atoms with Gasteiger partial charge in [-0.2, -0.15) is 13.6 Å². The number of phosphoric ester groups is 1. The minimum atomic E-state index is -6.20. The summed E-state index contributed by atoms with van der Waals surface area (Å²) in [5.41, 5.74) is -0.0632. The number of aliphatic hydroxyl groups excluding tert-OH is 1. The van der Waals surface area contributed by atoms with Crippen LogP contribution in [0.25, 0.3) is 0 Å². The summed E-state index contributed by atoms with van der Waals surface area (Å²) in [4.78, 5) is 50.8. The third kappa shape index (κ3) is 6.95. The Kier molecular flexibility index (Phi) is 7.60. The third-order valence-electron chi connectivity index (χ3n) is 3.59. The fourth-order valence-electron chi connectivity index (χ4n) is 2.38. The van der Waals surface area contributed by atoms with E-state index in [1.807, 2.05) is 0 Å². The van der Waals surface area contributed by atoms with Gasteiger partial charge in [0.1, 0.15) is 18.9 Å². The summed E-state index contributed by atoms with van der Waals surface area (Å²) in [5, 5.41) is 10.4. The van der Waals surface area contributed by atoms with Crippen LogP contribution in [0, 0.1) is 17.7 Å². The lowest BCUT2D eigenvalue weighted by Crippen LogP contribution is -2.44. The molecule has 0 aromatic carbocycles. The molecule has 6 atom stereocenters. The Hall–Kier alpha value is -1.64. The van der Waals surface area contributed by atoms with Gasteiger partial charge in [0.25, 0.3) is 0 Å². The standard InChI is InChI=1S/C12H15F3N3O13P3/c13-3-1-2-12(15)8(19)7(29-10(12)18-4-6(14)9(16)17-11(18)20)5-28-33(24,25)31-34(26,27)30-32(21,22)23/h4,7-8,10,19H,3,5H2,(H,24,25)(H,26,27)(H2,16,17,20)(H2,21,22,23)/t7-,8+,10-,12?/m1/s1/i5D2. The van der Waals surface area contributed by atoms with Crippen LogP contribution < -0.4 is 11.4 Å². The molecule has 0 amide bonds. The van der Waals surface area contributed by atoms with E-state index in [4.69, 9.17) is 27.9 Å². The number of rotatable bonds is 8. The van der Waals surface area contributed by atoms with Crippen molar-refractivity contribution in [1.29, 1.82) is 0 Å². The molecule has 0 aliphatic carbocycles. The van der Waals surface area contributed by atoms with Crippen LogP contribution in [0.5, 0.6) is 0 Å². The lowest BCUT2D eigenvalue weighted by Gasteiger charge is -2.24. The van der Waals surface area contributed by atoms with Gasteiger partial charge in [0.15, 0.2) is 17.9 Å². The number of nitrogens with two attached hydrogens (primary N) is 1. The second-order valence-electron chi connectivity index (χ2n) is 6.02. The number of aliphatic hydroxyl groups is 1. The van der Waals surface area contributed by atoms with Crippen LogP contribution >= 0.6 is 23.5 Å². The van der Waals surface area contributed by atoms with E-state index in [-0.39, 0.29) is 10.8 Å². The Bertz CT molecular complexity index is 1290. The van der Waals surface area contributed by atoms with Crippen LogP contribution in [0.3, 0.4) is 0 Å². The summed E-state index contributed by atoms with van der Waals surface area (Å²) in [6.07, 6.45) is -8.09. The number of hydrogen-bond acceptors (Lipinski definition) is 11. The molecule has 2 rings (SSSR count). The van der Waals surface area contributed by atoms with Gasteiger partial charge < -0.3 is 35.2 Å². The Balaban J connectivity index is 2.47. The molecule has 22 heteroatoms. The molecular formula is C12H15F3N3O13P3. The van der Waals surface area contributed by atoms with Crippen molar-refractivity contribution in [2.45, 2.75) is 24.1 Å². The average molecular weight is 561 g/mol. The largest absolute Gasteiger partial charge is 0.490 e. The predicted molar refractivity (Wildman–Crippen MR) is 100 cm³/mol. The van der Waals surface area contributed by atoms with E-state index < -0.39 is 78.1 Å². The summed E-state index contributed by atoms with van der Waals surface area (Å²) < 4.78 is 107. The molecule has 34 heavy (non-hydrogen) atoms. The van der Waals surface area contributed by atoms with Crippen molar-refractivity contribution in [2.24, 2.45) is 0 Å². The molecule has 0 radical (unpaired) electrons. The van der Waals surface area contributed by atoms with E-state index in [1.165, 1.54) is 5.92 Å². The van der Waals surface area contributed by atoms with Crippen molar-refractivity contribution in [1.82, 2.24) is 9.55 Å². The molecule has 1 saturated heterocycles. The summed E-state index contributed by atoms with van der Waals surface area (Å²) in [5.74, 6) is 0.680. The lowest BCUT2D eigenvalue weighted by molar-refractivity contribution is -0.0538. The lowest BCUT2D eigenvalue weighted by atomic mass is 9.96. The van der Waals surface area contributed by atoms with E-state index in [9.17, 15) is 37.3 Å². The molecule has 1 aromatic heterocycles. The molecule has 1 fully saturated rings. The van der Waals surface area contributed by atoms with Crippen molar-refractivity contribution < 1.29 is 72.2 Å².